The molecule has 33 heavy (non-hydrogen) atoms. The average molecular weight is 447 g/mol. The summed E-state index contributed by atoms with van der Waals surface area (Å²) in [6, 6.07) is 10.7. The number of nitrogens with one attached hydrogen (secondary N) is 2. The molecule has 9 heteroatoms. The number of carbonyl (C=O) groups excluding carboxylic acids is 1. The fourth-order valence-electron chi connectivity index (χ4n) is 4.46. The molecule has 0 spiro atoms. The molecule has 1 aromatic carbocycles. The quantitative estimate of drug-likeness (QED) is 0.550. The molecule has 0 amide bonds. The number of ether oxygens (including phenoxy) is 1. The van der Waals surface area contributed by atoms with Crippen LogP contribution in [0.3, 0.4) is 0 Å². The van der Waals surface area contributed by atoms with E-state index >= 15 is 0 Å². The predicted molar refractivity (Wildman–Crippen MR) is 126 cm³/mol. The maximum Gasteiger partial charge on any atom is 0.229 e. The van der Waals surface area contributed by atoms with Gasteiger partial charge in [-0.15, -0.1) is 0 Å². The van der Waals surface area contributed by atoms with Crippen molar-refractivity contribution in [2.45, 2.75) is 31.8 Å². The highest BCUT2D eigenvalue weighted by molar-refractivity contribution is 5.98. The molecule has 6 rings (SSSR count). The lowest BCUT2D eigenvalue weighted by molar-refractivity contribution is 0.101. The van der Waals surface area contributed by atoms with Gasteiger partial charge in [-0.05, 0) is 38.0 Å². The first-order valence-corrected chi connectivity index (χ1v) is 11.4. The van der Waals surface area contributed by atoms with E-state index in [0.29, 0.717) is 30.0 Å². The summed E-state index contributed by atoms with van der Waals surface area (Å²) in [4.78, 5) is 25.5. The maximum atomic E-state index is 11.9. The number of aromatic nitrogens is 2. The number of anilines is 5. The summed E-state index contributed by atoms with van der Waals surface area (Å²) in [6.07, 6.45) is 5.50. The minimum atomic E-state index is -0.0476. The highest BCUT2D eigenvalue weighted by Gasteiger charge is 2.33. The van der Waals surface area contributed by atoms with Gasteiger partial charge in [0.1, 0.15) is 18.2 Å². The number of rotatable bonds is 6. The lowest BCUT2D eigenvalue weighted by Crippen LogP contribution is -2.57. The van der Waals surface area contributed by atoms with Gasteiger partial charge in [-0.25, -0.2) is 4.98 Å². The predicted octanol–water partition coefficient (Wildman–Crippen LogP) is 3.68. The topological polar surface area (TPSA) is 95.8 Å². The third-order valence-electron chi connectivity index (χ3n) is 6.34. The first-order valence-electron chi connectivity index (χ1n) is 11.4. The minimum absolute atomic E-state index is 0.0476. The van der Waals surface area contributed by atoms with E-state index in [-0.39, 0.29) is 11.8 Å². The Morgan fingerprint density at radius 3 is 2.91 bits per heavy atom. The summed E-state index contributed by atoms with van der Waals surface area (Å²) in [5.74, 6) is 2.75. The molecule has 0 bridgehead atoms. The number of fused-ring (bicyclic) bond motifs is 3. The summed E-state index contributed by atoms with van der Waals surface area (Å²) >= 11 is 0. The Morgan fingerprint density at radius 2 is 2.12 bits per heavy atom. The highest BCUT2D eigenvalue weighted by Crippen LogP contribution is 2.38. The van der Waals surface area contributed by atoms with Gasteiger partial charge in [0.25, 0.3) is 0 Å². The number of nitrogens with zero attached hydrogens (tertiary/aromatic N) is 4. The molecule has 170 valence electrons. The van der Waals surface area contributed by atoms with Crippen LogP contribution in [0.4, 0.5) is 29.0 Å². The first kappa shape index (κ1) is 19.9. The van der Waals surface area contributed by atoms with Crippen LogP contribution in [0.1, 0.15) is 30.1 Å². The second-order valence-corrected chi connectivity index (χ2v) is 8.79. The maximum absolute atomic E-state index is 11.9. The number of carbonyl (C=O) groups is 1. The second kappa shape index (κ2) is 7.99. The molecule has 1 saturated carbocycles. The molecular weight excluding hydrogens is 420 g/mol. The van der Waals surface area contributed by atoms with Gasteiger partial charge in [0.15, 0.2) is 11.7 Å². The Morgan fingerprint density at radius 1 is 1.21 bits per heavy atom. The van der Waals surface area contributed by atoms with E-state index in [2.05, 4.69) is 36.5 Å². The molecule has 0 radical (unpaired) electrons. The molecule has 3 aromatic rings. The zero-order valence-electron chi connectivity index (χ0n) is 18.5. The standard InChI is InChI=1S/C24H26N6O3/c1-15(31)19-12-25-24(28-23(19)26-16-4-5-16)27-17-6-7-20-21(11-17)33-14-18-13-29(8-9-30(18)20)22-3-2-10-32-22/h2-3,6-7,10-12,16,18H,4-5,8-9,13-14H2,1H3,(H2,25,26,27,28). The monoisotopic (exact) mass is 446 g/mol. The number of ketones is 1. The van der Waals surface area contributed by atoms with Crippen LogP contribution in [0.25, 0.3) is 0 Å². The third kappa shape index (κ3) is 3.94. The number of piperazine rings is 1. The van der Waals surface area contributed by atoms with Crippen molar-refractivity contribution in [1.29, 1.82) is 0 Å². The van der Waals surface area contributed by atoms with Crippen molar-refractivity contribution in [1.82, 2.24) is 9.97 Å². The van der Waals surface area contributed by atoms with Crippen LogP contribution >= 0.6 is 0 Å². The molecule has 1 unspecified atom stereocenters. The highest BCUT2D eigenvalue weighted by atomic mass is 16.5. The number of benzene rings is 1. The van der Waals surface area contributed by atoms with E-state index in [4.69, 9.17) is 9.15 Å². The van der Waals surface area contributed by atoms with E-state index in [0.717, 1.165) is 55.5 Å². The largest absolute Gasteiger partial charge is 0.489 e. The van der Waals surface area contributed by atoms with Crippen molar-refractivity contribution in [2.75, 3.05) is 46.7 Å². The minimum Gasteiger partial charge on any atom is -0.489 e. The van der Waals surface area contributed by atoms with Gasteiger partial charge in [0, 0.05) is 49.7 Å². The first-order chi connectivity index (χ1) is 16.1. The van der Waals surface area contributed by atoms with Crippen molar-refractivity contribution >= 4 is 34.8 Å². The van der Waals surface area contributed by atoms with Crippen LogP contribution in [-0.4, -0.2) is 54.1 Å². The molecule has 4 heterocycles. The van der Waals surface area contributed by atoms with Crippen LogP contribution in [0, 0.1) is 0 Å². The molecule has 1 aliphatic carbocycles. The molecule has 2 N–H and O–H groups in total. The van der Waals surface area contributed by atoms with Crippen molar-refractivity contribution in [3.63, 3.8) is 0 Å². The number of furan rings is 1. The normalized spacial score (nSPS) is 19.4. The molecule has 2 aliphatic heterocycles. The van der Waals surface area contributed by atoms with Gasteiger partial charge >= 0.3 is 0 Å². The zero-order valence-corrected chi connectivity index (χ0v) is 18.5. The fraction of sp³-hybridized carbons (Fsp3) is 0.375. The van der Waals surface area contributed by atoms with Crippen molar-refractivity contribution in [3.8, 4) is 5.75 Å². The molecule has 2 aromatic heterocycles. The summed E-state index contributed by atoms with van der Waals surface area (Å²) in [5, 5.41) is 6.59. The number of hydrogen-bond acceptors (Lipinski definition) is 9. The van der Waals surface area contributed by atoms with Gasteiger partial charge in [-0.3, -0.25) is 4.79 Å². The Kier molecular flexibility index (Phi) is 4.82. The van der Waals surface area contributed by atoms with Crippen molar-refractivity contribution < 1.29 is 13.9 Å². The van der Waals surface area contributed by atoms with E-state index in [1.807, 2.05) is 24.3 Å². The lowest BCUT2D eigenvalue weighted by Gasteiger charge is -2.45. The molecular formula is C24H26N6O3. The summed E-state index contributed by atoms with van der Waals surface area (Å²) in [6.45, 7) is 4.82. The second-order valence-electron chi connectivity index (χ2n) is 8.79. The Bertz CT molecular complexity index is 1180. The fourth-order valence-corrected chi connectivity index (χ4v) is 4.46. The Balaban J connectivity index is 1.19. The van der Waals surface area contributed by atoms with Crippen LogP contribution < -0.4 is 25.2 Å². The molecule has 3 aliphatic rings. The van der Waals surface area contributed by atoms with Crippen LogP contribution in [0.15, 0.2) is 47.2 Å². The van der Waals surface area contributed by atoms with Crippen molar-refractivity contribution in [3.05, 3.63) is 48.4 Å². The third-order valence-corrected chi connectivity index (χ3v) is 6.34. The average Bonchev–Trinajstić information content (AvgIpc) is 3.46. The Labute approximate surface area is 191 Å². The van der Waals surface area contributed by atoms with Crippen molar-refractivity contribution in [2.24, 2.45) is 0 Å². The summed E-state index contributed by atoms with van der Waals surface area (Å²) < 4.78 is 11.7. The summed E-state index contributed by atoms with van der Waals surface area (Å²) in [7, 11) is 0. The van der Waals surface area contributed by atoms with Crippen LogP contribution in [0.5, 0.6) is 5.75 Å². The van der Waals surface area contributed by atoms with E-state index in [1.54, 1.807) is 12.5 Å². The van der Waals surface area contributed by atoms with Gasteiger partial charge in [-0.2, -0.15) is 4.98 Å². The molecule has 2 fully saturated rings. The van der Waals surface area contributed by atoms with Gasteiger partial charge in [0.2, 0.25) is 5.95 Å². The summed E-state index contributed by atoms with van der Waals surface area (Å²) in [5.41, 5.74) is 2.45. The van der Waals surface area contributed by atoms with Crippen LogP contribution in [-0.2, 0) is 0 Å². The number of Topliss-reactive ketones (excluding diaryl/α,β-unsaturated/α-hetero) is 1. The van der Waals surface area contributed by atoms with Gasteiger partial charge in [0.05, 0.1) is 23.6 Å². The molecule has 1 saturated heterocycles. The zero-order chi connectivity index (χ0) is 22.4. The molecule has 1 atom stereocenters. The smallest absolute Gasteiger partial charge is 0.229 e. The van der Waals surface area contributed by atoms with Gasteiger partial charge in [-0.1, -0.05) is 0 Å². The van der Waals surface area contributed by atoms with Crippen LogP contribution in [0.2, 0.25) is 0 Å². The van der Waals surface area contributed by atoms with E-state index in [1.165, 1.54) is 6.92 Å². The number of hydrogen-bond donors (Lipinski definition) is 2. The molecule has 9 nitrogen and oxygen atoms in total. The Hall–Kier alpha value is -3.75. The SMILES string of the molecule is CC(=O)c1cnc(Nc2ccc3c(c2)OCC2CN(c4ccco4)CCN32)nc1NC1CC1. The van der Waals surface area contributed by atoms with E-state index in [9.17, 15) is 4.79 Å². The van der Waals surface area contributed by atoms with Gasteiger partial charge < -0.3 is 29.6 Å². The van der Waals surface area contributed by atoms with E-state index < -0.39 is 0 Å². The lowest BCUT2D eigenvalue weighted by atomic mass is 10.1.